The van der Waals surface area contributed by atoms with Gasteiger partial charge in [-0.3, -0.25) is 0 Å². The van der Waals surface area contributed by atoms with Gasteiger partial charge in [0, 0.05) is 6.54 Å². The van der Waals surface area contributed by atoms with Crippen LogP contribution in [0.4, 0.5) is 4.79 Å². The van der Waals surface area contributed by atoms with Crippen LogP contribution in [0.25, 0.3) is 0 Å². The highest BCUT2D eigenvalue weighted by molar-refractivity contribution is 8.22. The van der Waals surface area contributed by atoms with Gasteiger partial charge in [0.25, 0.3) is 0 Å². The van der Waals surface area contributed by atoms with Crippen LogP contribution >= 0.6 is 21.7 Å². The number of carbonyl (C=O) groups excluding carboxylic acids is 1. The molecule has 0 bridgehead atoms. The molecule has 0 aliphatic rings. The molecular formula is C6H12ClNO2S. The fourth-order valence-electron chi connectivity index (χ4n) is 0.419. The Morgan fingerprint density at radius 1 is 1.73 bits per heavy atom. The summed E-state index contributed by atoms with van der Waals surface area (Å²) in [6.45, 7) is 5.82. The van der Waals surface area contributed by atoms with Crippen LogP contribution in [0.15, 0.2) is 0 Å². The van der Waals surface area contributed by atoms with Gasteiger partial charge in [-0.25, -0.2) is 4.79 Å². The Labute approximate surface area is 75.3 Å². The zero-order valence-corrected chi connectivity index (χ0v) is 8.38. The molecule has 0 aliphatic heterocycles. The predicted molar refractivity (Wildman–Crippen MR) is 47.7 cm³/mol. The summed E-state index contributed by atoms with van der Waals surface area (Å²) in [6, 6.07) is 0. The first-order valence-electron chi connectivity index (χ1n) is 3.28. The maximum absolute atomic E-state index is 10.8. The molecule has 0 unspecified atom stereocenters. The molecule has 0 aromatic carbocycles. The maximum atomic E-state index is 10.8. The third-order valence-corrected chi connectivity index (χ3v) is 2.42. The summed E-state index contributed by atoms with van der Waals surface area (Å²) >= 11 is 0. The van der Waals surface area contributed by atoms with Crippen molar-refractivity contribution < 1.29 is 9.53 Å². The van der Waals surface area contributed by atoms with Crippen LogP contribution in [0.1, 0.15) is 20.8 Å². The van der Waals surface area contributed by atoms with E-state index in [2.05, 4.69) is 5.32 Å². The molecule has 0 aliphatic carbocycles. The summed E-state index contributed by atoms with van der Waals surface area (Å²) in [6.07, 6.45) is -0.439. The van der Waals surface area contributed by atoms with E-state index < -0.39 is 11.0 Å². The van der Waals surface area contributed by atoms with Gasteiger partial charge in [0.15, 0.2) is 4.93 Å². The van der Waals surface area contributed by atoms with Gasteiger partial charge in [0.1, 0.15) is 0 Å². The molecule has 3 nitrogen and oxygen atoms in total. The Hall–Kier alpha value is -0.0900. The van der Waals surface area contributed by atoms with Crippen LogP contribution in [-0.4, -0.2) is 17.6 Å². The Balaban J connectivity index is 3.74. The van der Waals surface area contributed by atoms with Crippen molar-refractivity contribution in [1.82, 2.24) is 5.32 Å². The van der Waals surface area contributed by atoms with E-state index in [4.69, 9.17) is 15.4 Å². The van der Waals surface area contributed by atoms with E-state index in [0.29, 0.717) is 6.54 Å². The highest BCUT2D eigenvalue weighted by atomic mass is 35.7. The summed E-state index contributed by atoms with van der Waals surface area (Å²) in [5.74, 6) is 0. The number of halogens is 1. The minimum absolute atomic E-state index is 0.439. The second-order valence-electron chi connectivity index (χ2n) is 2.40. The summed E-state index contributed by atoms with van der Waals surface area (Å²) in [5, 5.41) is 2.50. The Bertz CT molecular complexity index is 141. The minimum Gasteiger partial charge on any atom is -0.431 e. The quantitative estimate of drug-likeness (QED) is 0.706. The molecule has 0 aromatic heterocycles. The first kappa shape index (κ1) is 10.9. The summed E-state index contributed by atoms with van der Waals surface area (Å²) < 4.78 is 4.91. The van der Waals surface area contributed by atoms with Crippen molar-refractivity contribution in [2.75, 3.05) is 6.54 Å². The summed E-state index contributed by atoms with van der Waals surface area (Å²) in [4.78, 5) is 10.1. The number of nitrogens with one attached hydrogen (secondary N) is 1. The molecular weight excluding hydrogens is 186 g/mol. The molecule has 11 heavy (non-hydrogen) atoms. The van der Waals surface area contributed by atoms with Gasteiger partial charge < -0.3 is 10.1 Å². The number of rotatable bonds is 3. The molecule has 66 valence electrons. The summed E-state index contributed by atoms with van der Waals surface area (Å²) in [5.41, 5.74) is 0. The van der Waals surface area contributed by atoms with Gasteiger partial charge in [0.05, 0.1) is 0 Å². The number of hydrogen-bond donors (Lipinski definition) is 1. The first-order valence-corrected chi connectivity index (χ1v) is 4.92. The SMILES string of the molecule is CCNC(=O)OC(C)(C)SCl. The van der Waals surface area contributed by atoms with Crippen LogP contribution in [0.5, 0.6) is 0 Å². The van der Waals surface area contributed by atoms with Crippen molar-refractivity contribution in [3.05, 3.63) is 0 Å². The number of amides is 1. The lowest BCUT2D eigenvalue weighted by Gasteiger charge is -2.20. The van der Waals surface area contributed by atoms with Gasteiger partial charge in [-0.15, -0.1) is 0 Å². The van der Waals surface area contributed by atoms with Crippen LogP contribution in [-0.2, 0) is 4.74 Å². The molecule has 5 heteroatoms. The lowest BCUT2D eigenvalue weighted by atomic mass is 10.5. The third kappa shape index (κ3) is 5.21. The first-order chi connectivity index (χ1) is 5.02. The number of alkyl carbamates (subject to hydrolysis) is 1. The molecule has 0 rings (SSSR count). The second-order valence-corrected chi connectivity index (χ2v) is 4.00. The molecule has 1 N–H and O–H groups in total. The van der Waals surface area contributed by atoms with E-state index in [1.165, 1.54) is 0 Å². The Kier molecular flexibility index (Phi) is 4.68. The Morgan fingerprint density at radius 3 is 2.64 bits per heavy atom. The van der Waals surface area contributed by atoms with Gasteiger partial charge in [-0.05, 0) is 42.4 Å². The lowest BCUT2D eigenvalue weighted by Crippen LogP contribution is -2.31. The van der Waals surface area contributed by atoms with Gasteiger partial charge in [-0.1, -0.05) is 0 Å². The van der Waals surface area contributed by atoms with Gasteiger partial charge in [-0.2, -0.15) is 0 Å². The molecule has 0 heterocycles. The predicted octanol–water partition coefficient (Wildman–Crippen LogP) is 2.36. The van der Waals surface area contributed by atoms with Gasteiger partial charge >= 0.3 is 6.09 Å². The zero-order valence-electron chi connectivity index (χ0n) is 6.81. The fraction of sp³-hybridized carbons (Fsp3) is 0.833. The van der Waals surface area contributed by atoms with Crippen molar-refractivity contribution in [3.8, 4) is 0 Å². The second kappa shape index (κ2) is 4.72. The Morgan fingerprint density at radius 2 is 2.27 bits per heavy atom. The molecule has 0 aromatic rings. The van der Waals surface area contributed by atoms with E-state index in [-0.39, 0.29) is 0 Å². The highest BCUT2D eigenvalue weighted by Crippen LogP contribution is 2.28. The summed E-state index contributed by atoms with van der Waals surface area (Å²) in [7, 11) is 6.42. The molecule has 0 atom stereocenters. The monoisotopic (exact) mass is 197 g/mol. The molecule has 0 radical (unpaired) electrons. The molecule has 0 spiro atoms. The zero-order chi connectivity index (χ0) is 8.91. The van der Waals surface area contributed by atoms with Crippen molar-refractivity contribution in [3.63, 3.8) is 0 Å². The molecule has 0 saturated heterocycles. The fourth-order valence-corrected chi connectivity index (χ4v) is 0.621. The van der Waals surface area contributed by atoms with Crippen LogP contribution < -0.4 is 5.32 Å². The normalized spacial score (nSPS) is 10.9. The van der Waals surface area contributed by atoms with Crippen molar-refractivity contribution in [2.24, 2.45) is 0 Å². The van der Waals surface area contributed by atoms with E-state index in [0.717, 1.165) is 11.0 Å². The van der Waals surface area contributed by atoms with E-state index in [1.807, 2.05) is 6.92 Å². The highest BCUT2D eigenvalue weighted by Gasteiger charge is 2.22. The number of hydrogen-bond acceptors (Lipinski definition) is 3. The van der Waals surface area contributed by atoms with Crippen LogP contribution in [0.2, 0.25) is 0 Å². The minimum atomic E-state index is -0.666. The van der Waals surface area contributed by atoms with Crippen LogP contribution in [0.3, 0.4) is 0 Å². The number of ether oxygens (including phenoxy) is 1. The molecule has 0 fully saturated rings. The maximum Gasteiger partial charge on any atom is 0.408 e. The average Bonchev–Trinajstić information content (AvgIpc) is 1.87. The van der Waals surface area contributed by atoms with Gasteiger partial charge in [0.2, 0.25) is 0 Å². The van der Waals surface area contributed by atoms with E-state index >= 15 is 0 Å². The number of carbonyl (C=O) groups is 1. The third-order valence-electron chi connectivity index (χ3n) is 0.845. The van der Waals surface area contributed by atoms with Crippen molar-refractivity contribution >= 4 is 27.8 Å². The average molecular weight is 198 g/mol. The topological polar surface area (TPSA) is 38.3 Å². The van der Waals surface area contributed by atoms with E-state index in [9.17, 15) is 4.79 Å². The smallest absolute Gasteiger partial charge is 0.408 e. The largest absolute Gasteiger partial charge is 0.431 e. The van der Waals surface area contributed by atoms with Crippen molar-refractivity contribution in [2.45, 2.75) is 25.7 Å². The lowest BCUT2D eigenvalue weighted by molar-refractivity contribution is 0.0988. The van der Waals surface area contributed by atoms with E-state index in [1.54, 1.807) is 13.8 Å². The van der Waals surface area contributed by atoms with Crippen LogP contribution in [0, 0.1) is 0 Å². The standard InChI is InChI=1S/C6H12ClNO2S/c1-4-8-5(9)10-6(2,3)11-7/h4H2,1-3H3,(H,8,9). The molecule has 1 amide bonds. The van der Waals surface area contributed by atoms with Crippen molar-refractivity contribution in [1.29, 1.82) is 0 Å². The molecule has 0 saturated carbocycles.